The van der Waals surface area contributed by atoms with E-state index in [1.807, 2.05) is 6.07 Å². The molecular formula is C19H13FN4O3. The zero-order valence-corrected chi connectivity index (χ0v) is 13.9. The van der Waals surface area contributed by atoms with Gasteiger partial charge in [0, 0.05) is 0 Å². The summed E-state index contributed by atoms with van der Waals surface area (Å²) in [5.41, 5.74) is 1.03. The van der Waals surface area contributed by atoms with Crippen LogP contribution in [0.2, 0.25) is 0 Å². The lowest BCUT2D eigenvalue weighted by Gasteiger charge is -2.12. The molecule has 134 valence electrons. The van der Waals surface area contributed by atoms with Crippen LogP contribution in [0.15, 0.2) is 54.2 Å². The SMILES string of the molecule is N#Cc1ccc(C=C2NC(=O)N(CC(=O)Nc3ccccc3F)C2=O)cc1. The summed E-state index contributed by atoms with van der Waals surface area (Å²) in [5.74, 6) is -2.00. The third-order valence-corrected chi connectivity index (χ3v) is 3.76. The van der Waals surface area contributed by atoms with Crippen LogP contribution in [0.1, 0.15) is 11.1 Å². The van der Waals surface area contributed by atoms with Gasteiger partial charge in [-0.25, -0.2) is 14.1 Å². The van der Waals surface area contributed by atoms with Crippen LogP contribution in [0.5, 0.6) is 0 Å². The Balaban J connectivity index is 1.70. The lowest BCUT2D eigenvalue weighted by molar-refractivity contribution is -0.127. The molecule has 0 saturated carbocycles. The molecule has 7 nitrogen and oxygen atoms in total. The number of nitriles is 1. The molecule has 0 spiro atoms. The summed E-state index contributed by atoms with van der Waals surface area (Å²) in [7, 11) is 0. The molecule has 1 saturated heterocycles. The molecule has 1 aliphatic heterocycles. The molecule has 1 aliphatic rings. The Morgan fingerprint density at radius 1 is 1.19 bits per heavy atom. The molecule has 2 aromatic carbocycles. The van der Waals surface area contributed by atoms with E-state index >= 15 is 0 Å². The molecule has 2 N–H and O–H groups in total. The lowest BCUT2D eigenvalue weighted by Crippen LogP contribution is -2.38. The van der Waals surface area contributed by atoms with Crippen LogP contribution in [0.3, 0.4) is 0 Å². The van der Waals surface area contributed by atoms with Gasteiger partial charge in [-0.2, -0.15) is 5.26 Å². The van der Waals surface area contributed by atoms with Crippen molar-refractivity contribution in [1.29, 1.82) is 5.26 Å². The van der Waals surface area contributed by atoms with Crippen LogP contribution in [0.25, 0.3) is 6.08 Å². The van der Waals surface area contributed by atoms with E-state index in [1.54, 1.807) is 30.3 Å². The number of hydrogen-bond donors (Lipinski definition) is 2. The molecule has 4 amide bonds. The highest BCUT2D eigenvalue weighted by molar-refractivity contribution is 6.15. The molecule has 0 aliphatic carbocycles. The fraction of sp³-hybridized carbons (Fsp3) is 0.0526. The maximum atomic E-state index is 13.6. The van der Waals surface area contributed by atoms with Gasteiger partial charge >= 0.3 is 6.03 Å². The van der Waals surface area contributed by atoms with Gasteiger partial charge in [0.2, 0.25) is 5.91 Å². The maximum absolute atomic E-state index is 13.6. The summed E-state index contributed by atoms with van der Waals surface area (Å²) in [6.45, 7) is -0.552. The lowest BCUT2D eigenvalue weighted by atomic mass is 10.1. The van der Waals surface area contributed by atoms with E-state index in [1.165, 1.54) is 24.3 Å². The summed E-state index contributed by atoms with van der Waals surface area (Å²) in [6.07, 6.45) is 1.44. The molecule has 8 heteroatoms. The van der Waals surface area contributed by atoms with E-state index in [-0.39, 0.29) is 11.4 Å². The van der Waals surface area contributed by atoms with Crippen LogP contribution in [-0.4, -0.2) is 29.3 Å². The van der Waals surface area contributed by atoms with Gasteiger partial charge in [-0.15, -0.1) is 0 Å². The monoisotopic (exact) mass is 364 g/mol. The number of rotatable bonds is 4. The number of amides is 4. The number of para-hydroxylation sites is 1. The van der Waals surface area contributed by atoms with Crippen LogP contribution < -0.4 is 10.6 Å². The third-order valence-electron chi connectivity index (χ3n) is 3.76. The Hall–Kier alpha value is -3.99. The number of carbonyl (C=O) groups excluding carboxylic acids is 3. The van der Waals surface area contributed by atoms with Crippen molar-refractivity contribution < 1.29 is 18.8 Å². The number of urea groups is 1. The number of halogens is 1. The molecule has 1 heterocycles. The molecule has 0 bridgehead atoms. The molecule has 27 heavy (non-hydrogen) atoms. The number of anilines is 1. The highest BCUT2D eigenvalue weighted by atomic mass is 19.1. The second kappa shape index (κ2) is 7.49. The summed E-state index contributed by atoms with van der Waals surface area (Å²) < 4.78 is 13.6. The van der Waals surface area contributed by atoms with Gasteiger partial charge in [-0.1, -0.05) is 24.3 Å². The van der Waals surface area contributed by atoms with E-state index in [4.69, 9.17) is 5.26 Å². The summed E-state index contributed by atoms with van der Waals surface area (Å²) in [4.78, 5) is 37.1. The van der Waals surface area contributed by atoms with Gasteiger partial charge in [-0.3, -0.25) is 9.59 Å². The summed E-state index contributed by atoms with van der Waals surface area (Å²) >= 11 is 0. The van der Waals surface area contributed by atoms with Crippen LogP contribution in [0.4, 0.5) is 14.9 Å². The van der Waals surface area contributed by atoms with E-state index in [9.17, 15) is 18.8 Å². The Kier molecular flexibility index (Phi) is 4.95. The van der Waals surface area contributed by atoms with Crippen molar-refractivity contribution >= 4 is 29.6 Å². The minimum Gasteiger partial charge on any atom is -0.322 e. The molecular weight excluding hydrogens is 351 g/mol. The minimum atomic E-state index is -0.747. The molecule has 0 radical (unpaired) electrons. The fourth-order valence-corrected chi connectivity index (χ4v) is 2.43. The molecule has 0 unspecified atom stereocenters. The number of nitrogens with one attached hydrogen (secondary N) is 2. The highest BCUT2D eigenvalue weighted by Crippen LogP contribution is 2.16. The standard InChI is InChI=1S/C19H13FN4O3/c20-14-3-1-2-4-15(14)22-17(25)11-24-18(26)16(23-19(24)27)9-12-5-7-13(10-21)8-6-12/h1-9H,11H2,(H,22,25)(H,23,27). The number of hydrogen-bond acceptors (Lipinski definition) is 4. The van der Waals surface area contributed by atoms with Crippen molar-refractivity contribution in [2.75, 3.05) is 11.9 Å². The van der Waals surface area contributed by atoms with Gasteiger partial charge in [0.25, 0.3) is 5.91 Å². The van der Waals surface area contributed by atoms with E-state index < -0.39 is 30.2 Å². The quantitative estimate of drug-likeness (QED) is 0.641. The molecule has 2 aromatic rings. The average molecular weight is 364 g/mol. The van der Waals surface area contributed by atoms with Crippen molar-refractivity contribution in [2.45, 2.75) is 0 Å². The molecule has 3 rings (SSSR count). The van der Waals surface area contributed by atoms with Gasteiger partial charge in [0.05, 0.1) is 17.3 Å². The van der Waals surface area contributed by atoms with Crippen molar-refractivity contribution in [3.05, 3.63) is 71.2 Å². The maximum Gasteiger partial charge on any atom is 0.329 e. The van der Waals surface area contributed by atoms with Gasteiger partial charge in [-0.05, 0) is 35.9 Å². The van der Waals surface area contributed by atoms with Crippen molar-refractivity contribution in [1.82, 2.24) is 10.2 Å². The van der Waals surface area contributed by atoms with Crippen molar-refractivity contribution in [3.8, 4) is 6.07 Å². The first-order valence-corrected chi connectivity index (χ1v) is 7.87. The Labute approximate surface area is 153 Å². The van der Waals surface area contributed by atoms with Crippen LogP contribution in [0, 0.1) is 17.1 Å². The molecule has 1 fully saturated rings. The predicted molar refractivity (Wildman–Crippen MR) is 94.4 cm³/mol. The van der Waals surface area contributed by atoms with Crippen LogP contribution >= 0.6 is 0 Å². The Morgan fingerprint density at radius 2 is 1.89 bits per heavy atom. The number of benzene rings is 2. The number of carbonyl (C=O) groups is 3. The molecule has 0 aromatic heterocycles. The largest absolute Gasteiger partial charge is 0.329 e. The first-order valence-electron chi connectivity index (χ1n) is 7.87. The second-order valence-corrected chi connectivity index (χ2v) is 5.64. The summed E-state index contributed by atoms with van der Waals surface area (Å²) in [6, 6.07) is 13.2. The van der Waals surface area contributed by atoms with Crippen molar-refractivity contribution in [2.24, 2.45) is 0 Å². The summed E-state index contributed by atoms with van der Waals surface area (Å²) in [5, 5.41) is 13.5. The smallest absolute Gasteiger partial charge is 0.322 e. The first kappa shape index (κ1) is 17.8. The normalized spacial score (nSPS) is 14.8. The topological polar surface area (TPSA) is 102 Å². The second-order valence-electron chi connectivity index (χ2n) is 5.64. The average Bonchev–Trinajstić information content (AvgIpc) is 2.91. The Bertz CT molecular complexity index is 993. The van der Waals surface area contributed by atoms with Crippen LogP contribution in [-0.2, 0) is 9.59 Å². The van der Waals surface area contributed by atoms with E-state index in [0.29, 0.717) is 11.1 Å². The number of nitrogens with zero attached hydrogens (tertiary/aromatic N) is 2. The first-order chi connectivity index (χ1) is 13.0. The zero-order chi connectivity index (χ0) is 19.4. The number of imide groups is 1. The van der Waals surface area contributed by atoms with Gasteiger partial charge in [0.15, 0.2) is 0 Å². The van der Waals surface area contributed by atoms with Gasteiger partial charge in [0.1, 0.15) is 18.1 Å². The molecule has 0 atom stereocenters. The predicted octanol–water partition coefficient (Wildman–Crippen LogP) is 2.23. The zero-order valence-electron chi connectivity index (χ0n) is 13.9. The fourth-order valence-electron chi connectivity index (χ4n) is 2.43. The highest BCUT2D eigenvalue weighted by Gasteiger charge is 2.34. The van der Waals surface area contributed by atoms with E-state index in [2.05, 4.69) is 10.6 Å². The van der Waals surface area contributed by atoms with E-state index in [0.717, 1.165) is 4.90 Å². The minimum absolute atomic E-state index is 0.00315. The van der Waals surface area contributed by atoms with Crippen molar-refractivity contribution in [3.63, 3.8) is 0 Å². The van der Waals surface area contributed by atoms with Gasteiger partial charge < -0.3 is 10.6 Å². The third kappa shape index (κ3) is 3.99. The Morgan fingerprint density at radius 3 is 2.56 bits per heavy atom.